The van der Waals surface area contributed by atoms with E-state index < -0.39 is 0 Å². The summed E-state index contributed by atoms with van der Waals surface area (Å²) in [5, 5.41) is 3.59. The van der Waals surface area contributed by atoms with Crippen molar-refractivity contribution in [3.05, 3.63) is 42.7 Å². The van der Waals surface area contributed by atoms with Gasteiger partial charge in [-0.2, -0.15) is 0 Å². The molecule has 1 rings (SSSR count). The molecule has 0 aliphatic rings. The second-order valence-corrected chi connectivity index (χ2v) is 4.47. The summed E-state index contributed by atoms with van der Waals surface area (Å²) in [4.78, 5) is 4.14. The van der Waals surface area contributed by atoms with Gasteiger partial charge in [0.05, 0.1) is 0 Å². The summed E-state index contributed by atoms with van der Waals surface area (Å²) in [5.41, 5.74) is 1.24. The van der Waals surface area contributed by atoms with E-state index in [0.717, 1.165) is 6.42 Å². The maximum atomic E-state index is 4.14. The average Bonchev–Trinajstić information content (AvgIpc) is 2.30. The van der Waals surface area contributed by atoms with E-state index in [-0.39, 0.29) is 0 Å². The lowest BCUT2D eigenvalue weighted by Gasteiger charge is -2.24. The number of hydrogen-bond acceptors (Lipinski definition) is 2. The van der Waals surface area contributed by atoms with E-state index in [1.807, 2.05) is 18.3 Å². The van der Waals surface area contributed by atoms with Crippen molar-refractivity contribution in [1.82, 2.24) is 10.3 Å². The molecule has 1 aromatic rings. The van der Waals surface area contributed by atoms with E-state index in [2.05, 4.69) is 43.7 Å². The van der Waals surface area contributed by atoms with Crippen LogP contribution in [0.5, 0.6) is 0 Å². The molecule has 0 bridgehead atoms. The standard InChI is InChI=1S/C14H22N2/c1-5-7-11(2)12(3)16-13(4)14-8-6-9-15-10-14/h5-6,8-13,16H,1,7H2,2-4H3. The minimum absolute atomic E-state index is 0.343. The predicted molar refractivity (Wildman–Crippen MR) is 69.2 cm³/mol. The molecule has 3 atom stereocenters. The van der Waals surface area contributed by atoms with E-state index in [0.29, 0.717) is 18.0 Å². The first kappa shape index (κ1) is 12.9. The summed E-state index contributed by atoms with van der Waals surface area (Å²) in [6.45, 7) is 10.4. The Balaban J connectivity index is 2.51. The number of nitrogens with one attached hydrogen (secondary N) is 1. The molecule has 0 spiro atoms. The molecule has 0 saturated heterocycles. The van der Waals surface area contributed by atoms with Gasteiger partial charge in [0.1, 0.15) is 0 Å². The molecule has 0 fully saturated rings. The van der Waals surface area contributed by atoms with Gasteiger partial charge in [0.2, 0.25) is 0 Å². The van der Waals surface area contributed by atoms with Gasteiger partial charge in [0.25, 0.3) is 0 Å². The van der Waals surface area contributed by atoms with Crippen molar-refractivity contribution in [2.75, 3.05) is 0 Å². The van der Waals surface area contributed by atoms with Gasteiger partial charge in [-0.05, 0) is 37.8 Å². The van der Waals surface area contributed by atoms with E-state index in [1.165, 1.54) is 5.56 Å². The number of rotatable bonds is 6. The van der Waals surface area contributed by atoms with Gasteiger partial charge in [-0.15, -0.1) is 6.58 Å². The Morgan fingerprint density at radius 3 is 2.75 bits per heavy atom. The van der Waals surface area contributed by atoms with Gasteiger partial charge < -0.3 is 5.32 Å². The van der Waals surface area contributed by atoms with Crippen molar-refractivity contribution < 1.29 is 0 Å². The molecule has 1 aromatic heterocycles. The van der Waals surface area contributed by atoms with Crippen molar-refractivity contribution in [2.45, 2.75) is 39.3 Å². The minimum Gasteiger partial charge on any atom is -0.307 e. The van der Waals surface area contributed by atoms with Gasteiger partial charge in [-0.25, -0.2) is 0 Å². The van der Waals surface area contributed by atoms with Crippen molar-refractivity contribution in [3.63, 3.8) is 0 Å². The van der Waals surface area contributed by atoms with Gasteiger partial charge in [0.15, 0.2) is 0 Å². The van der Waals surface area contributed by atoms with Crippen LogP contribution in [0, 0.1) is 5.92 Å². The fourth-order valence-corrected chi connectivity index (χ4v) is 1.75. The molecule has 1 N–H and O–H groups in total. The van der Waals surface area contributed by atoms with Crippen LogP contribution in [0.1, 0.15) is 38.8 Å². The van der Waals surface area contributed by atoms with Crippen LogP contribution in [-0.2, 0) is 0 Å². The Labute approximate surface area is 98.8 Å². The van der Waals surface area contributed by atoms with Crippen molar-refractivity contribution in [3.8, 4) is 0 Å². The third-order valence-electron chi connectivity index (χ3n) is 3.09. The topological polar surface area (TPSA) is 24.9 Å². The highest BCUT2D eigenvalue weighted by Crippen LogP contribution is 2.15. The average molecular weight is 218 g/mol. The first-order valence-corrected chi connectivity index (χ1v) is 5.92. The number of allylic oxidation sites excluding steroid dienone is 1. The fourth-order valence-electron chi connectivity index (χ4n) is 1.75. The largest absolute Gasteiger partial charge is 0.307 e. The molecular weight excluding hydrogens is 196 g/mol. The molecule has 2 heteroatoms. The second kappa shape index (κ2) is 6.44. The van der Waals surface area contributed by atoms with Crippen LogP contribution in [0.25, 0.3) is 0 Å². The highest BCUT2D eigenvalue weighted by atomic mass is 14.9. The third kappa shape index (κ3) is 3.78. The highest BCUT2D eigenvalue weighted by molar-refractivity contribution is 5.12. The minimum atomic E-state index is 0.343. The first-order valence-electron chi connectivity index (χ1n) is 5.92. The Morgan fingerprint density at radius 1 is 1.44 bits per heavy atom. The lowest BCUT2D eigenvalue weighted by Crippen LogP contribution is -2.34. The molecule has 0 aromatic carbocycles. The fraction of sp³-hybridized carbons (Fsp3) is 0.500. The lowest BCUT2D eigenvalue weighted by atomic mass is 9.98. The van der Waals surface area contributed by atoms with Crippen LogP contribution in [-0.4, -0.2) is 11.0 Å². The molecule has 88 valence electrons. The monoisotopic (exact) mass is 218 g/mol. The number of nitrogens with zero attached hydrogens (tertiary/aromatic N) is 1. The summed E-state index contributed by atoms with van der Waals surface area (Å²) < 4.78 is 0. The maximum absolute atomic E-state index is 4.14. The highest BCUT2D eigenvalue weighted by Gasteiger charge is 2.14. The molecule has 16 heavy (non-hydrogen) atoms. The summed E-state index contributed by atoms with van der Waals surface area (Å²) in [5.74, 6) is 0.608. The number of aromatic nitrogens is 1. The molecule has 2 nitrogen and oxygen atoms in total. The van der Waals surface area contributed by atoms with Crippen LogP contribution >= 0.6 is 0 Å². The maximum Gasteiger partial charge on any atom is 0.0315 e. The molecule has 0 radical (unpaired) electrons. The van der Waals surface area contributed by atoms with E-state index >= 15 is 0 Å². The third-order valence-corrected chi connectivity index (χ3v) is 3.09. The van der Waals surface area contributed by atoms with Crippen LogP contribution in [0.4, 0.5) is 0 Å². The second-order valence-electron chi connectivity index (χ2n) is 4.47. The Hall–Kier alpha value is -1.15. The van der Waals surface area contributed by atoms with Gasteiger partial charge in [-0.1, -0.05) is 19.1 Å². The molecule has 1 heterocycles. The predicted octanol–water partition coefficient (Wildman–Crippen LogP) is 3.33. The van der Waals surface area contributed by atoms with E-state index in [4.69, 9.17) is 0 Å². The van der Waals surface area contributed by atoms with Gasteiger partial charge >= 0.3 is 0 Å². The quantitative estimate of drug-likeness (QED) is 0.741. The molecule has 0 amide bonds. The summed E-state index contributed by atoms with van der Waals surface area (Å²) in [6.07, 6.45) is 6.76. The number of hydrogen-bond donors (Lipinski definition) is 1. The Morgan fingerprint density at radius 2 is 2.19 bits per heavy atom. The van der Waals surface area contributed by atoms with Crippen molar-refractivity contribution in [1.29, 1.82) is 0 Å². The smallest absolute Gasteiger partial charge is 0.0315 e. The molecule has 0 aliphatic heterocycles. The summed E-state index contributed by atoms with van der Waals surface area (Å²) in [7, 11) is 0. The summed E-state index contributed by atoms with van der Waals surface area (Å²) in [6, 6.07) is 4.91. The van der Waals surface area contributed by atoms with Crippen LogP contribution in [0.3, 0.4) is 0 Å². The summed E-state index contributed by atoms with van der Waals surface area (Å²) >= 11 is 0. The van der Waals surface area contributed by atoms with Gasteiger partial charge in [0, 0.05) is 24.5 Å². The van der Waals surface area contributed by atoms with Crippen molar-refractivity contribution in [2.24, 2.45) is 5.92 Å². The molecular formula is C14H22N2. The molecule has 3 unspecified atom stereocenters. The lowest BCUT2D eigenvalue weighted by molar-refractivity contribution is 0.370. The van der Waals surface area contributed by atoms with Crippen LogP contribution in [0.15, 0.2) is 37.2 Å². The Bertz CT molecular complexity index is 308. The molecule has 0 saturated carbocycles. The Kier molecular flexibility index (Phi) is 5.20. The van der Waals surface area contributed by atoms with Crippen molar-refractivity contribution >= 4 is 0 Å². The van der Waals surface area contributed by atoms with Crippen LogP contribution < -0.4 is 5.32 Å². The normalized spacial score (nSPS) is 16.4. The zero-order chi connectivity index (χ0) is 12.0. The van der Waals surface area contributed by atoms with E-state index in [1.54, 1.807) is 6.20 Å². The number of pyridine rings is 1. The zero-order valence-corrected chi connectivity index (χ0v) is 10.5. The molecule has 0 aliphatic carbocycles. The van der Waals surface area contributed by atoms with Crippen LogP contribution in [0.2, 0.25) is 0 Å². The SMILES string of the molecule is C=CCC(C)C(C)NC(C)c1cccnc1. The van der Waals surface area contributed by atoms with E-state index in [9.17, 15) is 0 Å². The zero-order valence-electron chi connectivity index (χ0n) is 10.5. The first-order chi connectivity index (χ1) is 7.65. The van der Waals surface area contributed by atoms with Gasteiger partial charge in [-0.3, -0.25) is 4.98 Å².